The van der Waals surface area contributed by atoms with E-state index in [1.807, 2.05) is 0 Å². The quantitative estimate of drug-likeness (QED) is 0.390. The van der Waals surface area contributed by atoms with Gasteiger partial charge in [0.15, 0.2) is 0 Å². The van der Waals surface area contributed by atoms with Crippen LogP contribution in [-0.4, -0.2) is 35.4 Å². The minimum absolute atomic E-state index is 0. The van der Waals surface area contributed by atoms with Crippen molar-refractivity contribution >= 4 is 0 Å². The van der Waals surface area contributed by atoms with E-state index in [1.165, 1.54) is 0 Å². The van der Waals surface area contributed by atoms with Crippen LogP contribution in [0.4, 0.5) is 0 Å². The van der Waals surface area contributed by atoms with Gasteiger partial charge in [-0.2, -0.15) is 0 Å². The molecule has 6 N–H and O–H groups in total. The van der Waals surface area contributed by atoms with E-state index in [0.717, 1.165) is 14.2 Å². The molecule has 0 unspecified atom stereocenters. The maximum absolute atomic E-state index is 7.00. The molecule has 0 heterocycles. The summed E-state index contributed by atoms with van der Waals surface area (Å²) in [5.74, 6) is 0. The third kappa shape index (κ3) is 600. The molecule has 0 bridgehead atoms. The Morgan fingerprint density at radius 3 is 0.714 bits per heavy atom. The van der Waals surface area contributed by atoms with E-state index in [4.69, 9.17) is 10.2 Å². The van der Waals surface area contributed by atoms with E-state index in [0.29, 0.717) is 0 Å². The Hall–Kier alpha value is 0.463. The van der Waals surface area contributed by atoms with Crippen molar-refractivity contribution in [1.82, 2.24) is 0 Å². The SMILES string of the molecule is CO.CO.O.O.[Zn]. The monoisotopic (exact) mass is 164 g/mol. The normalized spacial score (nSPS) is 1.71. The summed E-state index contributed by atoms with van der Waals surface area (Å²) in [6, 6.07) is 0. The van der Waals surface area contributed by atoms with E-state index in [9.17, 15) is 0 Å². The second kappa shape index (κ2) is 898. The van der Waals surface area contributed by atoms with Gasteiger partial charge in [0.05, 0.1) is 0 Å². The zero-order valence-electron chi connectivity index (χ0n) is 4.60. The van der Waals surface area contributed by atoms with Gasteiger partial charge in [0, 0.05) is 33.7 Å². The van der Waals surface area contributed by atoms with Crippen LogP contribution >= 0.6 is 0 Å². The molecule has 7 heavy (non-hydrogen) atoms. The van der Waals surface area contributed by atoms with Gasteiger partial charge in [0.1, 0.15) is 0 Å². The predicted octanol–water partition coefficient (Wildman–Crippen LogP) is -2.43. The topological polar surface area (TPSA) is 103 Å². The molecule has 0 aromatic rings. The molecule has 46 valence electrons. The standard InChI is InChI=1S/2CH4O.2H2O.Zn/c2*1-2;;;/h2*2H,1H3;2*1H2;. The van der Waals surface area contributed by atoms with Crippen LogP contribution in [0.25, 0.3) is 0 Å². The summed E-state index contributed by atoms with van der Waals surface area (Å²) < 4.78 is 0. The molecule has 0 rings (SSSR count). The third-order valence-electron chi connectivity index (χ3n) is 0. The Balaban J connectivity index is -0.00000000267. The molecule has 0 atom stereocenters. The van der Waals surface area contributed by atoms with Gasteiger partial charge in [0.2, 0.25) is 0 Å². The summed E-state index contributed by atoms with van der Waals surface area (Å²) in [7, 11) is 2.00. The van der Waals surface area contributed by atoms with Crippen molar-refractivity contribution in [2.75, 3.05) is 14.2 Å². The summed E-state index contributed by atoms with van der Waals surface area (Å²) >= 11 is 0. The maximum Gasteiger partial charge on any atom is 0.0319 e. The van der Waals surface area contributed by atoms with E-state index in [2.05, 4.69) is 0 Å². The van der Waals surface area contributed by atoms with Crippen molar-refractivity contribution in [2.24, 2.45) is 0 Å². The second-order valence-electron chi connectivity index (χ2n) is 0. The zero-order chi connectivity index (χ0) is 4.00. The fourth-order valence-electron chi connectivity index (χ4n) is 0. The first-order valence-electron chi connectivity index (χ1n) is 0.894. The molecule has 0 fully saturated rings. The van der Waals surface area contributed by atoms with Gasteiger partial charge in [-0.25, -0.2) is 0 Å². The van der Waals surface area contributed by atoms with Crippen LogP contribution in [-0.2, 0) is 19.5 Å². The van der Waals surface area contributed by atoms with E-state index >= 15 is 0 Å². The molecule has 0 aliphatic heterocycles. The third-order valence-corrected chi connectivity index (χ3v) is 0. The molecule has 0 saturated carbocycles. The van der Waals surface area contributed by atoms with Crippen molar-refractivity contribution in [3.8, 4) is 0 Å². The predicted molar refractivity (Wildman–Crippen MR) is 23.5 cm³/mol. The smallest absolute Gasteiger partial charge is 0.0319 e. The van der Waals surface area contributed by atoms with Gasteiger partial charge in [-0.05, 0) is 0 Å². The molecule has 0 spiro atoms. The molecule has 5 heteroatoms. The molecule has 4 nitrogen and oxygen atoms in total. The Labute approximate surface area is 55.5 Å². The van der Waals surface area contributed by atoms with Crippen molar-refractivity contribution in [3.05, 3.63) is 0 Å². The van der Waals surface area contributed by atoms with Gasteiger partial charge < -0.3 is 21.2 Å². The molecule has 0 aromatic heterocycles. The summed E-state index contributed by atoms with van der Waals surface area (Å²) in [6.45, 7) is 0. The zero-order valence-corrected chi connectivity index (χ0v) is 7.57. The average molecular weight is 166 g/mol. The number of hydrogen-bond donors (Lipinski definition) is 2. The summed E-state index contributed by atoms with van der Waals surface area (Å²) in [4.78, 5) is 0. The first-order valence-corrected chi connectivity index (χ1v) is 0.894. The van der Waals surface area contributed by atoms with Crippen molar-refractivity contribution in [1.29, 1.82) is 0 Å². The van der Waals surface area contributed by atoms with E-state index in [1.54, 1.807) is 0 Å². The fourth-order valence-corrected chi connectivity index (χ4v) is 0. The van der Waals surface area contributed by atoms with Gasteiger partial charge in [-0.1, -0.05) is 0 Å². The minimum atomic E-state index is 0. The average Bonchev–Trinajstić information content (AvgIpc) is 1.50. The molecule has 0 saturated heterocycles. The summed E-state index contributed by atoms with van der Waals surface area (Å²) in [5.41, 5.74) is 0. The second-order valence-corrected chi connectivity index (χ2v) is 0. The Bertz CT molecular complexity index is 9.65. The number of rotatable bonds is 0. The Kier molecular flexibility index (Phi) is 6590. The fraction of sp³-hybridized carbons (Fsp3) is 1.00. The first kappa shape index (κ1) is 51.4. The van der Waals surface area contributed by atoms with Gasteiger partial charge >= 0.3 is 0 Å². The van der Waals surface area contributed by atoms with Crippen LogP contribution in [0.15, 0.2) is 0 Å². The molecular weight excluding hydrogens is 153 g/mol. The number of aliphatic hydroxyl groups is 2. The molecule has 0 aliphatic carbocycles. The molecule has 0 aromatic carbocycles. The Morgan fingerprint density at radius 1 is 0.714 bits per heavy atom. The van der Waals surface area contributed by atoms with Crippen LogP contribution in [0.5, 0.6) is 0 Å². The Morgan fingerprint density at radius 2 is 0.714 bits per heavy atom. The van der Waals surface area contributed by atoms with Crippen LogP contribution in [0.2, 0.25) is 0 Å². The number of aliphatic hydroxyl groups excluding tert-OH is 2. The van der Waals surface area contributed by atoms with E-state index < -0.39 is 0 Å². The van der Waals surface area contributed by atoms with E-state index in [-0.39, 0.29) is 30.4 Å². The summed E-state index contributed by atoms with van der Waals surface area (Å²) in [6.07, 6.45) is 0. The van der Waals surface area contributed by atoms with Crippen LogP contribution in [0.1, 0.15) is 0 Å². The molecular formula is C2H12O4Zn. The van der Waals surface area contributed by atoms with Gasteiger partial charge in [0.25, 0.3) is 0 Å². The largest absolute Gasteiger partial charge is 0.412 e. The van der Waals surface area contributed by atoms with Gasteiger partial charge in [-0.15, -0.1) is 0 Å². The van der Waals surface area contributed by atoms with Crippen molar-refractivity contribution in [3.63, 3.8) is 0 Å². The van der Waals surface area contributed by atoms with Crippen LogP contribution in [0.3, 0.4) is 0 Å². The molecule has 0 amide bonds. The van der Waals surface area contributed by atoms with Gasteiger partial charge in [-0.3, -0.25) is 0 Å². The maximum atomic E-state index is 7.00. The molecule has 0 radical (unpaired) electrons. The number of hydrogen-bond acceptors (Lipinski definition) is 2. The summed E-state index contributed by atoms with van der Waals surface area (Å²) in [5, 5.41) is 14.0. The van der Waals surface area contributed by atoms with Crippen LogP contribution < -0.4 is 0 Å². The van der Waals surface area contributed by atoms with Crippen LogP contribution in [0, 0.1) is 0 Å². The van der Waals surface area contributed by atoms with Crippen molar-refractivity contribution in [2.45, 2.75) is 0 Å². The molecule has 0 aliphatic rings. The first-order chi connectivity index (χ1) is 2.00. The minimum Gasteiger partial charge on any atom is -0.412 e. The van der Waals surface area contributed by atoms with Crippen molar-refractivity contribution < 1.29 is 40.6 Å².